The average molecular weight is 490 g/mol. The number of imidazole rings is 1. The van der Waals surface area contributed by atoms with E-state index in [1.807, 2.05) is 22.8 Å². The number of ether oxygens (including phenoxy) is 1. The minimum atomic E-state index is -1.91. The molecule has 0 bridgehead atoms. The predicted molar refractivity (Wildman–Crippen MR) is 142 cm³/mol. The molecule has 0 spiro atoms. The molecule has 7 nitrogen and oxygen atoms in total. The highest BCUT2D eigenvalue weighted by Gasteiger charge is 2.48. The second-order valence-electron chi connectivity index (χ2n) is 9.90. The third-order valence-corrected chi connectivity index (χ3v) is 11.8. The summed E-state index contributed by atoms with van der Waals surface area (Å²) >= 11 is 0. The number of aromatic nitrogens is 4. The third kappa shape index (κ3) is 4.35. The molecule has 0 radical (unpaired) electrons. The molecular formula is C27H31N5O2Si. The van der Waals surface area contributed by atoms with Crippen molar-refractivity contribution in [3.8, 4) is 0 Å². The summed E-state index contributed by atoms with van der Waals surface area (Å²) < 4.78 is 8.25. The van der Waals surface area contributed by atoms with Gasteiger partial charge in [0.15, 0.2) is 11.2 Å². The van der Waals surface area contributed by atoms with E-state index in [1.54, 1.807) is 6.33 Å². The van der Waals surface area contributed by atoms with Crippen LogP contribution < -0.4 is 16.5 Å². The van der Waals surface area contributed by atoms with Gasteiger partial charge >= 0.3 is 0 Å². The number of fused-ring (bicyclic) bond motifs is 1. The molecule has 8 heteroatoms. The van der Waals surface area contributed by atoms with Crippen LogP contribution in [-0.2, 0) is 11.3 Å². The van der Waals surface area contributed by atoms with Crippen LogP contribution >= 0.6 is 0 Å². The molecule has 5 rings (SSSR count). The number of aromatic amines is 1. The predicted octanol–water partition coefficient (Wildman–Crippen LogP) is 4.02. The minimum Gasteiger partial charge on any atom is -0.376 e. The number of nitrogens with zero attached hydrogens (tertiary/aromatic N) is 3. The Kier molecular flexibility index (Phi) is 6.17. The lowest BCUT2D eigenvalue weighted by atomic mass is 10.0. The fourth-order valence-corrected chi connectivity index (χ4v) is 9.11. The van der Waals surface area contributed by atoms with Crippen molar-refractivity contribution in [2.45, 2.75) is 37.7 Å². The molecule has 2 aromatic heterocycles. The monoisotopic (exact) mass is 489 g/mol. The summed E-state index contributed by atoms with van der Waals surface area (Å²) in [5, 5.41) is 1.42. The lowest BCUT2D eigenvalue weighted by Crippen LogP contribution is -2.47. The van der Waals surface area contributed by atoms with Gasteiger partial charge in [-0.3, -0.25) is 9.78 Å². The normalized spacial score (nSPS) is 20.5. The maximum Gasteiger partial charge on any atom is 0.280 e. The summed E-state index contributed by atoms with van der Waals surface area (Å²) in [6, 6.07) is 21.0. The number of H-pyrrole nitrogens is 1. The summed E-state index contributed by atoms with van der Waals surface area (Å²) in [5.74, 6) is 0.272. The smallest absolute Gasteiger partial charge is 0.280 e. The molecule has 2 aromatic carbocycles. The Labute approximate surface area is 205 Å². The summed E-state index contributed by atoms with van der Waals surface area (Å²) in [5.41, 5.74) is 8.99. The molecule has 3 N–H and O–H groups in total. The lowest BCUT2D eigenvalue weighted by Gasteiger charge is -2.34. The van der Waals surface area contributed by atoms with Crippen molar-refractivity contribution in [1.82, 2.24) is 19.5 Å². The second-order valence-corrected chi connectivity index (χ2v) is 14.7. The highest BCUT2D eigenvalue weighted by molar-refractivity contribution is 6.91. The Morgan fingerprint density at radius 3 is 2.54 bits per heavy atom. The summed E-state index contributed by atoms with van der Waals surface area (Å²) in [6.45, 7) is 10.6. The van der Waals surface area contributed by atoms with Crippen molar-refractivity contribution in [3.05, 3.63) is 95.1 Å². The van der Waals surface area contributed by atoms with E-state index in [0.717, 1.165) is 17.6 Å². The van der Waals surface area contributed by atoms with Gasteiger partial charge in [0, 0.05) is 5.92 Å². The Morgan fingerprint density at radius 2 is 1.83 bits per heavy atom. The van der Waals surface area contributed by atoms with E-state index in [-0.39, 0.29) is 23.5 Å². The van der Waals surface area contributed by atoms with E-state index in [9.17, 15) is 4.79 Å². The van der Waals surface area contributed by atoms with Crippen LogP contribution in [0.2, 0.25) is 18.6 Å². The van der Waals surface area contributed by atoms with Gasteiger partial charge in [0.2, 0.25) is 5.95 Å². The summed E-state index contributed by atoms with van der Waals surface area (Å²) in [4.78, 5) is 23.7. The molecule has 4 aromatic rings. The Bertz CT molecular complexity index is 1400. The molecule has 2 heterocycles. The van der Waals surface area contributed by atoms with Crippen LogP contribution in [0.3, 0.4) is 0 Å². The maximum absolute atomic E-state index is 12.4. The molecule has 1 aliphatic carbocycles. The Hall–Kier alpha value is -3.49. The van der Waals surface area contributed by atoms with Gasteiger partial charge in [0.25, 0.3) is 5.56 Å². The molecule has 1 saturated carbocycles. The zero-order chi connectivity index (χ0) is 24.6. The second kappa shape index (κ2) is 9.28. The Balaban J connectivity index is 1.49. The van der Waals surface area contributed by atoms with Crippen molar-refractivity contribution >= 4 is 30.4 Å². The first-order valence-corrected chi connectivity index (χ1v) is 15.0. The quantitative estimate of drug-likeness (QED) is 0.302. The fourth-order valence-electron chi connectivity index (χ4n) is 5.51. The highest BCUT2D eigenvalue weighted by Crippen LogP contribution is 2.51. The molecule has 1 aliphatic rings. The molecule has 180 valence electrons. The van der Waals surface area contributed by atoms with Crippen LogP contribution in [0.1, 0.15) is 18.0 Å². The standard InChI is InChI=1S/C27H31N5O2Si/c1-18-21(16-34-15-19-10-6-4-7-11-19)23(35(2,3)20-12-8-5-9-13-20)14-22(18)32-17-29-24-25(32)30-27(28)31-26(24)33/h4-13,17,21-23H,1,14-16H2,2-3H3,(H3,28,30,31,33)/t21-,22-,23-/m0/s1/i24+1,25+1,26+1,27+1. The van der Waals surface area contributed by atoms with Crippen LogP contribution in [0, 0.1) is 5.92 Å². The first-order valence-electron chi connectivity index (χ1n) is 11.9. The number of anilines is 1. The first kappa shape index (κ1) is 23.3. The van der Waals surface area contributed by atoms with E-state index in [2.05, 4.69) is 77.1 Å². The molecule has 0 unspecified atom stereocenters. The van der Waals surface area contributed by atoms with Gasteiger partial charge in [-0.15, -0.1) is 0 Å². The van der Waals surface area contributed by atoms with E-state index in [0.29, 0.717) is 29.9 Å². The number of nitrogens with two attached hydrogens (primary N) is 1. The highest BCUT2D eigenvalue weighted by atomic mass is 28.3. The SMILES string of the molecule is C=C1[C@H](COCc2ccccc2)[C@@H]([Si](C)(C)c2ccccc2)C[C@@H]1n1cn[13c]2[13c](=O)[nH][13c](N)n[13c]21. The largest absolute Gasteiger partial charge is 0.376 e. The molecular weight excluding hydrogens is 458 g/mol. The molecule has 0 amide bonds. The van der Waals surface area contributed by atoms with Gasteiger partial charge in [0.1, 0.15) is 0 Å². The maximum atomic E-state index is 12.4. The van der Waals surface area contributed by atoms with Gasteiger partial charge in [-0.25, -0.2) is 4.98 Å². The van der Waals surface area contributed by atoms with Gasteiger partial charge in [-0.2, -0.15) is 4.98 Å². The number of nitrogens with one attached hydrogen (secondary N) is 1. The van der Waals surface area contributed by atoms with E-state index >= 15 is 0 Å². The van der Waals surface area contributed by atoms with Crippen LogP contribution in [-0.4, -0.2) is 34.2 Å². The van der Waals surface area contributed by atoms with Gasteiger partial charge in [-0.1, -0.05) is 85.5 Å². The first-order chi connectivity index (χ1) is 16.9. The zero-order valence-electron chi connectivity index (χ0n) is 20.1. The zero-order valence-corrected chi connectivity index (χ0v) is 21.1. The van der Waals surface area contributed by atoms with Crippen molar-refractivity contribution in [3.63, 3.8) is 0 Å². The van der Waals surface area contributed by atoms with Crippen molar-refractivity contribution in [1.29, 1.82) is 0 Å². The number of hydrogen-bond acceptors (Lipinski definition) is 5. The molecule has 0 saturated heterocycles. The van der Waals surface area contributed by atoms with Crippen LogP contribution in [0.4, 0.5) is 5.95 Å². The van der Waals surface area contributed by atoms with E-state index < -0.39 is 8.07 Å². The molecule has 3 atom stereocenters. The number of hydrogen-bond donors (Lipinski definition) is 2. The van der Waals surface area contributed by atoms with Crippen LogP contribution in [0.5, 0.6) is 0 Å². The summed E-state index contributed by atoms with van der Waals surface area (Å²) in [7, 11) is -1.91. The summed E-state index contributed by atoms with van der Waals surface area (Å²) in [6.07, 6.45) is 2.59. The third-order valence-electron chi connectivity index (χ3n) is 7.51. The van der Waals surface area contributed by atoms with Crippen LogP contribution in [0.15, 0.2) is 83.9 Å². The van der Waals surface area contributed by atoms with Crippen molar-refractivity contribution in [2.75, 3.05) is 12.3 Å². The number of rotatable bonds is 7. The van der Waals surface area contributed by atoms with Crippen LogP contribution in [0.25, 0.3) is 11.2 Å². The molecule has 1 fully saturated rings. The Morgan fingerprint density at radius 1 is 1.14 bits per heavy atom. The average Bonchev–Trinajstić information content (AvgIpc) is 3.42. The molecule has 0 aliphatic heterocycles. The van der Waals surface area contributed by atoms with Gasteiger partial charge in [-0.05, 0) is 23.1 Å². The number of benzene rings is 2. The molecule has 35 heavy (non-hydrogen) atoms. The van der Waals surface area contributed by atoms with Crippen molar-refractivity contribution < 1.29 is 4.74 Å². The van der Waals surface area contributed by atoms with Crippen molar-refractivity contribution in [2.24, 2.45) is 5.92 Å². The minimum absolute atomic E-state index is 0.0282. The lowest BCUT2D eigenvalue weighted by molar-refractivity contribution is 0.0976. The van der Waals surface area contributed by atoms with Gasteiger partial charge < -0.3 is 15.0 Å². The van der Waals surface area contributed by atoms with Gasteiger partial charge in [0.05, 0.1) is 33.7 Å². The van der Waals surface area contributed by atoms with E-state index in [1.165, 1.54) is 5.19 Å². The topological polar surface area (TPSA) is 98.8 Å². The van der Waals surface area contributed by atoms with E-state index in [4.69, 9.17) is 10.5 Å². The fraction of sp³-hybridized carbons (Fsp3) is 0.296. The number of nitrogen functional groups attached to an aromatic ring is 1.